The number of ether oxygens (including phenoxy) is 2. The third-order valence-electron chi connectivity index (χ3n) is 6.66. The van der Waals surface area contributed by atoms with E-state index in [1.54, 1.807) is 36.4 Å². The Hall–Kier alpha value is -3.71. The molecule has 4 rings (SSSR count). The molecule has 0 bridgehead atoms. The van der Waals surface area contributed by atoms with Gasteiger partial charge in [0.2, 0.25) is 0 Å². The molecule has 1 atom stereocenters. The highest BCUT2D eigenvalue weighted by Crippen LogP contribution is 2.36. The van der Waals surface area contributed by atoms with Crippen molar-refractivity contribution in [3.63, 3.8) is 0 Å². The maximum atomic E-state index is 11.8. The first-order valence-electron chi connectivity index (χ1n) is 13.4. The summed E-state index contributed by atoms with van der Waals surface area (Å²) in [6, 6.07) is 20.1. The van der Waals surface area contributed by atoms with E-state index >= 15 is 0 Å². The van der Waals surface area contributed by atoms with Crippen LogP contribution in [0.15, 0.2) is 82.9 Å². The molecule has 0 heterocycles. The van der Waals surface area contributed by atoms with Crippen molar-refractivity contribution in [1.82, 2.24) is 5.32 Å². The molecule has 0 spiro atoms. The van der Waals surface area contributed by atoms with E-state index in [2.05, 4.69) is 10.5 Å². The van der Waals surface area contributed by atoms with Crippen molar-refractivity contribution in [3.05, 3.63) is 104 Å². The number of hydrogen-bond donors (Lipinski definition) is 4. The zero-order valence-corrected chi connectivity index (χ0v) is 26.0. The number of nitrogens with two attached hydrogens (primary N) is 1. The number of nitrogens with one attached hydrogen (secondary N) is 1. The Labute approximate surface area is 265 Å². The number of halogens is 2. The summed E-state index contributed by atoms with van der Waals surface area (Å²) >= 11 is 13.3. The predicted molar refractivity (Wildman–Crippen MR) is 171 cm³/mol. The molecule has 0 aliphatic rings. The van der Waals surface area contributed by atoms with Crippen LogP contribution in [0.2, 0.25) is 10.0 Å². The van der Waals surface area contributed by atoms with Crippen LogP contribution < -0.4 is 20.5 Å². The molecule has 5 N–H and O–H groups in total. The molecule has 13 heteroatoms. The quantitative estimate of drug-likeness (QED) is 0.0991. The number of rotatable bonds is 14. The van der Waals surface area contributed by atoms with E-state index in [0.29, 0.717) is 43.8 Å². The lowest BCUT2D eigenvalue weighted by atomic mass is 10.0. The smallest absolute Gasteiger partial charge is 0.175 e. The lowest BCUT2D eigenvalue weighted by Gasteiger charge is -2.17. The number of hydrogen-bond acceptors (Lipinski definition) is 10. The molecule has 0 unspecified atom stereocenters. The molecule has 0 fully saturated rings. The highest BCUT2D eigenvalue weighted by molar-refractivity contribution is 7.90. The third kappa shape index (κ3) is 8.47. The fourth-order valence-corrected chi connectivity index (χ4v) is 5.45. The van der Waals surface area contributed by atoms with Crippen LogP contribution >= 0.6 is 23.2 Å². The molecule has 232 valence electrons. The van der Waals surface area contributed by atoms with E-state index in [0.717, 1.165) is 11.8 Å². The monoisotopic (exact) mass is 659 g/mol. The van der Waals surface area contributed by atoms with Gasteiger partial charge in [-0.05, 0) is 46.6 Å². The van der Waals surface area contributed by atoms with Crippen LogP contribution in [-0.4, -0.2) is 44.1 Å². The minimum Gasteiger partial charge on any atom is -0.488 e. The average molecular weight is 661 g/mol. The summed E-state index contributed by atoms with van der Waals surface area (Å²) in [6.45, 7) is 0.225. The second kappa shape index (κ2) is 14.8. The molecule has 4 aromatic rings. The number of nitrogens with zero attached hydrogens (tertiary/aromatic N) is 1. The van der Waals surface area contributed by atoms with E-state index in [9.17, 15) is 18.4 Å². The maximum Gasteiger partial charge on any atom is 0.175 e. The van der Waals surface area contributed by atoms with Gasteiger partial charge in [0.1, 0.15) is 30.4 Å². The number of anilines is 1. The minimum atomic E-state index is -3.33. The lowest BCUT2D eigenvalue weighted by molar-refractivity contribution is 0.0941. The Morgan fingerprint density at radius 3 is 2.34 bits per heavy atom. The van der Waals surface area contributed by atoms with Gasteiger partial charge >= 0.3 is 0 Å². The minimum absolute atomic E-state index is 0.0736. The molecule has 4 aromatic carbocycles. The molecule has 0 saturated carbocycles. The number of sulfone groups is 1. The van der Waals surface area contributed by atoms with Gasteiger partial charge in [-0.1, -0.05) is 59.6 Å². The summed E-state index contributed by atoms with van der Waals surface area (Å²) in [6.07, 6.45) is 0.224. The Morgan fingerprint density at radius 2 is 1.68 bits per heavy atom. The number of nitrogen functional groups attached to an aromatic ring is 1. The van der Waals surface area contributed by atoms with Gasteiger partial charge in [0.05, 0.1) is 33.3 Å². The molecule has 0 amide bonds. The first-order chi connectivity index (χ1) is 21.0. The molecular formula is C31H31Cl2N3O7S. The van der Waals surface area contributed by atoms with Gasteiger partial charge in [-0.15, -0.1) is 4.91 Å². The van der Waals surface area contributed by atoms with E-state index in [1.807, 2.05) is 18.2 Å². The molecule has 10 nitrogen and oxygen atoms in total. The van der Waals surface area contributed by atoms with Crippen LogP contribution in [0.1, 0.15) is 16.7 Å². The summed E-state index contributed by atoms with van der Waals surface area (Å²) in [7, 11) is -3.33. The van der Waals surface area contributed by atoms with Gasteiger partial charge in [-0.25, -0.2) is 8.42 Å². The maximum absolute atomic E-state index is 11.8. The van der Waals surface area contributed by atoms with E-state index < -0.39 is 15.9 Å². The number of nitroso groups, excluding NO2 is 1. The highest BCUT2D eigenvalue weighted by atomic mass is 35.5. The SMILES string of the molecule is CS(=O)(=O)c1ccc(-c2cccc(COc3cc(OCc4ccc(N=O)c(N)c4)c(CNC[C@H](O)CO)cc3Cl)c2Cl)cc1. The first kappa shape index (κ1) is 33.2. The normalized spacial score (nSPS) is 12.1. The molecular weight excluding hydrogens is 629 g/mol. The van der Waals surface area contributed by atoms with Crippen molar-refractivity contribution < 1.29 is 28.1 Å². The Bertz CT molecular complexity index is 1740. The lowest BCUT2D eigenvalue weighted by Crippen LogP contribution is -2.29. The fraction of sp³-hybridized carbons (Fsp3) is 0.226. The second-order valence-electron chi connectivity index (χ2n) is 9.99. The topological polar surface area (TPSA) is 161 Å². The van der Waals surface area contributed by atoms with Crippen molar-refractivity contribution >= 4 is 44.4 Å². The van der Waals surface area contributed by atoms with E-state index in [1.165, 1.54) is 18.2 Å². The molecule has 44 heavy (non-hydrogen) atoms. The largest absolute Gasteiger partial charge is 0.488 e. The average Bonchev–Trinajstić information content (AvgIpc) is 3.00. The summed E-state index contributed by atoms with van der Waals surface area (Å²) < 4.78 is 35.8. The molecule has 0 radical (unpaired) electrons. The molecule has 0 saturated heterocycles. The fourth-order valence-electron chi connectivity index (χ4n) is 4.29. The van der Waals surface area contributed by atoms with Gasteiger partial charge in [0.15, 0.2) is 9.84 Å². The summed E-state index contributed by atoms with van der Waals surface area (Å²) in [5.41, 5.74) is 9.76. The number of aliphatic hydroxyl groups excluding tert-OH is 2. The van der Waals surface area contributed by atoms with Crippen LogP contribution in [0.5, 0.6) is 11.5 Å². The summed E-state index contributed by atoms with van der Waals surface area (Å²) in [4.78, 5) is 11.1. The zero-order chi connectivity index (χ0) is 31.9. The van der Waals surface area contributed by atoms with Gasteiger partial charge < -0.3 is 30.7 Å². The Kier molecular flexibility index (Phi) is 11.2. The van der Waals surface area contributed by atoms with Crippen LogP contribution in [-0.2, 0) is 29.6 Å². The zero-order valence-electron chi connectivity index (χ0n) is 23.7. The number of aliphatic hydroxyl groups is 2. The standard InChI is InChI=1S/C31H31Cl2N3O7S/c1-44(40,41)24-8-6-20(7-9-24)25-4-2-3-21(31(25)33)18-43-30-13-29(22(12-26(30)32)14-35-15-23(38)16-37)42-17-19-5-10-28(36-39)27(34)11-19/h2-13,23,35,37-38H,14-18,34H2,1H3/t23-/m0/s1. The Balaban J connectivity index is 1.56. The molecule has 0 aliphatic heterocycles. The van der Waals surface area contributed by atoms with Crippen LogP contribution in [0.25, 0.3) is 11.1 Å². The Morgan fingerprint density at radius 1 is 0.955 bits per heavy atom. The van der Waals surface area contributed by atoms with Gasteiger partial charge in [0.25, 0.3) is 0 Å². The van der Waals surface area contributed by atoms with Crippen molar-refractivity contribution in [2.24, 2.45) is 5.18 Å². The van der Waals surface area contributed by atoms with E-state index in [-0.39, 0.29) is 49.2 Å². The van der Waals surface area contributed by atoms with Crippen LogP contribution in [0, 0.1) is 4.91 Å². The summed E-state index contributed by atoms with van der Waals surface area (Å²) in [5.74, 6) is 0.775. The van der Waals surface area contributed by atoms with Crippen LogP contribution in [0.4, 0.5) is 11.4 Å². The molecule has 0 aliphatic carbocycles. The van der Waals surface area contributed by atoms with Crippen LogP contribution in [0.3, 0.4) is 0 Å². The first-order valence-corrected chi connectivity index (χ1v) is 16.0. The number of benzene rings is 4. The highest BCUT2D eigenvalue weighted by Gasteiger charge is 2.15. The van der Waals surface area contributed by atoms with Crippen molar-refractivity contribution in [2.45, 2.75) is 30.8 Å². The van der Waals surface area contributed by atoms with Crippen molar-refractivity contribution in [2.75, 3.05) is 25.1 Å². The summed E-state index contributed by atoms with van der Waals surface area (Å²) in [5, 5.41) is 25.5. The van der Waals surface area contributed by atoms with Crippen molar-refractivity contribution in [3.8, 4) is 22.6 Å². The van der Waals surface area contributed by atoms with Gasteiger partial charge in [0, 0.05) is 42.1 Å². The van der Waals surface area contributed by atoms with Crippen molar-refractivity contribution in [1.29, 1.82) is 0 Å². The molecule has 0 aromatic heterocycles. The van der Waals surface area contributed by atoms with E-state index in [4.69, 9.17) is 43.5 Å². The van der Waals surface area contributed by atoms with Gasteiger partial charge in [-0.2, -0.15) is 0 Å². The van der Waals surface area contributed by atoms with Gasteiger partial charge in [-0.3, -0.25) is 0 Å². The third-order valence-corrected chi connectivity index (χ3v) is 8.53. The predicted octanol–water partition coefficient (Wildman–Crippen LogP) is 5.64. The second-order valence-corrected chi connectivity index (χ2v) is 12.8.